The normalized spacial score (nSPS) is 19.1. The van der Waals surface area contributed by atoms with Crippen LogP contribution in [-0.4, -0.2) is 41.8 Å². The van der Waals surface area contributed by atoms with Crippen LogP contribution in [0.25, 0.3) is 11.4 Å². The highest BCUT2D eigenvalue weighted by Crippen LogP contribution is 2.20. The number of aromatic nitrogens is 2. The van der Waals surface area contributed by atoms with Crippen LogP contribution < -0.4 is 5.73 Å². The van der Waals surface area contributed by atoms with Gasteiger partial charge in [-0.1, -0.05) is 30.3 Å². The first kappa shape index (κ1) is 17.8. The molecule has 0 radical (unpaired) electrons. The first-order chi connectivity index (χ1) is 10.6. The maximum absolute atomic E-state index is 12.6. The summed E-state index contributed by atoms with van der Waals surface area (Å²) in [7, 11) is -3.57. The van der Waals surface area contributed by atoms with Gasteiger partial charge in [-0.3, -0.25) is 0 Å². The number of sulfonamides is 1. The molecule has 23 heavy (non-hydrogen) atoms. The van der Waals surface area contributed by atoms with Crippen molar-refractivity contribution in [3.05, 3.63) is 42.7 Å². The Kier molecular flexibility index (Phi) is 5.69. The third kappa shape index (κ3) is 3.87. The van der Waals surface area contributed by atoms with E-state index in [4.69, 9.17) is 5.73 Å². The van der Waals surface area contributed by atoms with Gasteiger partial charge in [-0.2, -0.15) is 4.31 Å². The van der Waals surface area contributed by atoms with E-state index in [2.05, 4.69) is 9.97 Å². The molecule has 124 valence electrons. The SMILES string of the molecule is Cl.NC1CCCN(S(=O)(=O)c2cnc(-c3ccccc3)nc2)C1. The molecule has 1 aromatic carbocycles. The molecule has 2 heterocycles. The molecular formula is C15H19ClN4O2S. The van der Waals surface area contributed by atoms with Crippen molar-refractivity contribution in [3.8, 4) is 11.4 Å². The van der Waals surface area contributed by atoms with E-state index in [1.54, 1.807) is 0 Å². The van der Waals surface area contributed by atoms with Gasteiger partial charge in [0.1, 0.15) is 4.90 Å². The number of piperidine rings is 1. The van der Waals surface area contributed by atoms with Crippen molar-refractivity contribution in [2.24, 2.45) is 5.73 Å². The zero-order valence-corrected chi connectivity index (χ0v) is 14.1. The number of rotatable bonds is 3. The monoisotopic (exact) mass is 354 g/mol. The van der Waals surface area contributed by atoms with Crippen LogP contribution in [0.2, 0.25) is 0 Å². The van der Waals surface area contributed by atoms with Crippen molar-refractivity contribution in [3.63, 3.8) is 0 Å². The molecule has 0 saturated carbocycles. The average Bonchev–Trinajstić information content (AvgIpc) is 2.56. The molecule has 2 aromatic rings. The summed E-state index contributed by atoms with van der Waals surface area (Å²) in [6.07, 6.45) is 4.37. The molecular weight excluding hydrogens is 336 g/mol. The van der Waals surface area contributed by atoms with Crippen molar-refractivity contribution >= 4 is 22.4 Å². The number of benzene rings is 1. The Morgan fingerprint density at radius 1 is 1.13 bits per heavy atom. The molecule has 8 heteroatoms. The zero-order valence-electron chi connectivity index (χ0n) is 12.5. The van der Waals surface area contributed by atoms with Crippen LogP contribution in [0.15, 0.2) is 47.6 Å². The first-order valence-electron chi connectivity index (χ1n) is 7.20. The van der Waals surface area contributed by atoms with E-state index in [1.165, 1.54) is 16.7 Å². The molecule has 0 amide bonds. The molecule has 3 rings (SSSR count). The fourth-order valence-electron chi connectivity index (χ4n) is 2.53. The highest BCUT2D eigenvalue weighted by molar-refractivity contribution is 7.89. The lowest BCUT2D eigenvalue weighted by molar-refractivity contribution is 0.316. The fraction of sp³-hybridized carbons (Fsp3) is 0.333. The molecule has 6 nitrogen and oxygen atoms in total. The second-order valence-corrected chi connectivity index (χ2v) is 7.31. The summed E-state index contributed by atoms with van der Waals surface area (Å²) in [4.78, 5) is 8.47. The summed E-state index contributed by atoms with van der Waals surface area (Å²) in [5.74, 6) is 0.509. The van der Waals surface area contributed by atoms with Crippen molar-refractivity contribution in [2.45, 2.75) is 23.8 Å². The molecule has 0 aliphatic carbocycles. The summed E-state index contributed by atoms with van der Waals surface area (Å²) >= 11 is 0. The van der Waals surface area contributed by atoms with Crippen LogP contribution in [0.5, 0.6) is 0 Å². The van der Waals surface area contributed by atoms with Gasteiger partial charge in [0.2, 0.25) is 10.0 Å². The second kappa shape index (κ2) is 7.35. The minimum Gasteiger partial charge on any atom is -0.327 e. The standard InChI is InChI=1S/C15H18N4O2S.ClH/c16-13-7-4-8-19(11-13)22(20,21)14-9-17-15(18-10-14)12-5-2-1-3-6-12;/h1-3,5-6,9-10,13H,4,7-8,11,16H2;1H. The number of hydrogen-bond acceptors (Lipinski definition) is 5. The van der Waals surface area contributed by atoms with E-state index in [0.29, 0.717) is 18.9 Å². The minimum absolute atomic E-state index is 0. The van der Waals surface area contributed by atoms with E-state index < -0.39 is 10.0 Å². The predicted octanol–water partition coefficient (Wildman–Crippen LogP) is 1.68. The van der Waals surface area contributed by atoms with Gasteiger partial charge in [0.25, 0.3) is 0 Å². The van der Waals surface area contributed by atoms with E-state index >= 15 is 0 Å². The molecule has 1 fully saturated rings. The van der Waals surface area contributed by atoms with Gasteiger partial charge in [-0.15, -0.1) is 12.4 Å². The van der Waals surface area contributed by atoms with Gasteiger partial charge in [0.05, 0.1) is 12.4 Å². The lowest BCUT2D eigenvalue weighted by Crippen LogP contribution is -2.45. The van der Waals surface area contributed by atoms with Crippen LogP contribution in [0.1, 0.15) is 12.8 Å². The molecule has 0 bridgehead atoms. The molecule has 1 aliphatic rings. The lowest BCUT2D eigenvalue weighted by atomic mass is 10.1. The van der Waals surface area contributed by atoms with E-state index in [9.17, 15) is 8.42 Å². The van der Waals surface area contributed by atoms with E-state index in [-0.39, 0.29) is 23.3 Å². The summed E-state index contributed by atoms with van der Waals surface area (Å²) in [5, 5.41) is 0. The smallest absolute Gasteiger partial charge is 0.246 e. The van der Waals surface area contributed by atoms with E-state index in [0.717, 1.165) is 18.4 Å². The molecule has 1 atom stereocenters. The van der Waals surface area contributed by atoms with Gasteiger partial charge < -0.3 is 5.73 Å². The van der Waals surface area contributed by atoms with Gasteiger partial charge >= 0.3 is 0 Å². The molecule has 1 aromatic heterocycles. The van der Waals surface area contributed by atoms with Crippen LogP contribution in [0.4, 0.5) is 0 Å². The van der Waals surface area contributed by atoms with Gasteiger partial charge in [0, 0.05) is 24.7 Å². The number of halogens is 1. The van der Waals surface area contributed by atoms with Gasteiger partial charge in [-0.05, 0) is 12.8 Å². The number of nitrogens with zero attached hydrogens (tertiary/aromatic N) is 3. The van der Waals surface area contributed by atoms with Crippen molar-refractivity contribution < 1.29 is 8.42 Å². The largest absolute Gasteiger partial charge is 0.327 e. The summed E-state index contributed by atoms with van der Waals surface area (Å²) < 4.78 is 26.6. The van der Waals surface area contributed by atoms with Crippen LogP contribution >= 0.6 is 12.4 Å². The summed E-state index contributed by atoms with van der Waals surface area (Å²) in [6, 6.07) is 9.34. The molecule has 1 aliphatic heterocycles. The summed E-state index contributed by atoms with van der Waals surface area (Å²) in [5.41, 5.74) is 6.72. The maximum Gasteiger partial charge on any atom is 0.246 e. The van der Waals surface area contributed by atoms with E-state index in [1.807, 2.05) is 30.3 Å². The molecule has 2 N–H and O–H groups in total. The quantitative estimate of drug-likeness (QED) is 0.905. The lowest BCUT2D eigenvalue weighted by Gasteiger charge is -2.29. The number of nitrogens with two attached hydrogens (primary N) is 1. The van der Waals surface area contributed by atoms with Crippen LogP contribution in [-0.2, 0) is 10.0 Å². The Labute approximate surface area is 142 Å². The van der Waals surface area contributed by atoms with Crippen LogP contribution in [0, 0.1) is 0 Å². The second-order valence-electron chi connectivity index (χ2n) is 5.37. The Morgan fingerprint density at radius 2 is 1.78 bits per heavy atom. The Bertz CT molecular complexity index is 738. The predicted molar refractivity (Wildman–Crippen MR) is 90.7 cm³/mol. The third-order valence-corrected chi connectivity index (χ3v) is 5.54. The van der Waals surface area contributed by atoms with Gasteiger partial charge in [0.15, 0.2) is 5.82 Å². The van der Waals surface area contributed by atoms with Crippen LogP contribution in [0.3, 0.4) is 0 Å². The Morgan fingerprint density at radius 3 is 2.39 bits per heavy atom. The highest BCUT2D eigenvalue weighted by atomic mass is 35.5. The minimum atomic E-state index is -3.57. The average molecular weight is 355 g/mol. The molecule has 0 spiro atoms. The highest BCUT2D eigenvalue weighted by Gasteiger charge is 2.29. The van der Waals surface area contributed by atoms with Gasteiger partial charge in [-0.25, -0.2) is 18.4 Å². The van der Waals surface area contributed by atoms with Crippen molar-refractivity contribution in [1.82, 2.24) is 14.3 Å². The number of hydrogen-bond donors (Lipinski definition) is 1. The topological polar surface area (TPSA) is 89.2 Å². The maximum atomic E-state index is 12.6. The first-order valence-corrected chi connectivity index (χ1v) is 8.64. The van der Waals surface area contributed by atoms with Crippen molar-refractivity contribution in [2.75, 3.05) is 13.1 Å². The molecule has 1 saturated heterocycles. The third-order valence-electron chi connectivity index (χ3n) is 3.72. The summed E-state index contributed by atoms with van der Waals surface area (Å²) in [6.45, 7) is 0.846. The zero-order chi connectivity index (χ0) is 15.6. The van der Waals surface area contributed by atoms with Crippen molar-refractivity contribution in [1.29, 1.82) is 0 Å². The Hall–Kier alpha value is -1.54. The molecule has 1 unspecified atom stereocenters. The fourth-order valence-corrected chi connectivity index (χ4v) is 3.95. The Balaban J connectivity index is 0.00000192.